The molecule has 0 radical (unpaired) electrons. The van der Waals surface area contributed by atoms with E-state index in [0.717, 1.165) is 0 Å². The van der Waals surface area contributed by atoms with E-state index in [-0.39, 0.29) is 6.54 Å². The zero-order valence-electron chi connectivity index (χ0n) is 8.09. The number of hydrogen-bond acceptors (Lipinski definition) is 2. The molecule has 1 rings (SSSR count). The standard InChI is InChI=1S/C9H9Cl2N3O2/c10-6-2-1-5(3-7(6)11)14-9(16)13-4-8(12)15/h1-3H,4H2,(H2,12,15)(H2,13,14,16). The van der Waals surface area contributed by atoms with Crippen LogP contribution in [0, 0.1) is 0 Å². The fraction of sp³-hybridized carbons (Fsp3) is 0.111. The Morgan fingerprint density at radius 2 is 1.94 bits per heavy atom. The summed E-state index contributed by atoms with van der Waals surface area (Å²) in [7, 11) is 0. The minimum absolute atomic E-state index is 0.229. The number of nitrogens with one attached hydrogen (secondary N) is 2. The molecular formula is C9H9Cl2N3O2. The summed E-state index contributed by atoms with van der Waals surface area (Å²) in [5.74, 6) is -0.621. The summed E-state index contributed by atoms with van der Waals surface area (Å²) in [5, 5.41) is 5.45. The molecule has 0 aliphatic heterocycles. The number of benzene rings is 1. The number of amides is 3. The number of halogens is 2. The Hall–Kier alpha value is -1.46. The molecule has 86 valence electrons. The summed E-state index contributed by atoms with van der Waals surface area (Å²) < 4.78 is 0. The van der Waals surface area contributed by atoms with Gasteiger partial charge in [-0.25, -0.2) is 4.79 Å². The van der Waals surface area contributed by atoms with Crippen molar-refractivity contribution in [3.05, 3.63) is 28.2 Å². The van der Waals surface area contributed by atoms with Crippen LogP contribution in [-0.2, 0) is 4.79 Å². The minimum Gasteiger partial charge on any atom is -0.368 e. The van der Waals surface area contributed by atoms with Gasteiger partial charge in [0.25, 0.3) is 0 Å². The molecule has 1 aromatic rings. The van der Waals surface area contributed by atoms with Crippen molar-refractivity contribution in [2.45, 2.75) is 0 Å². The summed E-state index contributed by atoms with van der Waals surface area (Å²) in [6, 6.07) is 4.08. The summed E-state index contributed by atoms with van der Waals surface area (Å²) in [6.45, 7) is -0.229. The molecule has 0 aliphatic carbocycles. The molecule has 0 fully saturated rings. The van der Waals surface area contributed by atoms with Crippen LogP contribution >= 0.6 is 23.2 Å². The zero-order chi connectivity index (χ0) is 12.1. The minimum atomic E-state index is -0.621. The van der Waals surface area contributed by atoms with E-state index < -0.39 is 11.9 Å². The average molecular weight is 262 g/mol. The Bertz CT molecular complexity index is 423. The van der Waals surface area contributed by atoms with Gasteiger partial charge < -0.3 is 16.4 Å². The SMILES string of the molecule is NC(=O)CNC(=O)Nc1ccc(Cl)c(Cl)c1. The zero-order valence-corrected chi connectivity index (χ0v) is 9.60. The van der Waals surface area contributed by atoms with Gasteiger partial charge in [0.15, 0.2) is 0 Å². The second kappa shape index (κ2) is 5.58. The quantitative estimate of drug-likeness (QED) is 0.772. The molecule has 0 spiro atoms. The van der Waals surface area contributed by atoms with Gasteiger partial charge in [-0.15, -0.1) is 0 Å². The molecule has 3 amide bonds. The van der Waals surface area contributed by atoms with Crippen molar-refractivity contribution >= 4 is 40.8 Å². The third kappa shape index (κ3) is 3.96. The Kier molecular flexibility index (Phi) is 4.39. The van der Waals surface area contributed by atoms with Crippen molar-refractivity contribution < 1.29 is 9.59 Å². The van der Waals surface area contributed by atoms with Gasteiger partial charge in [-0.2, -0.15) is 0 Å². The predicted molar refractivity (Wildman–Crippen MR) is 62.7 cm³/mol. The number of primary amides is 1. The number of carbonyl (C=O) groups is 2. The van der Waals surface area contributed by atoms with Crippen molar-refractivity contribution in [1.29, 1.82) is 0 Å². The van der Waals surface area contributed by atoms with Crippen LogP contribution in [0.5, 0.6) is 0 Å². The Labute approximate surface area is 102 Å². The van der Waals surface area contributed by atoms with Gasteiger partial charge in [0, 0.05) is 5.69 Å². The van der Waals surface area contributed by atoms with E-state index >= 15 is 0 Å². The molecule has 0 saturated heterocycles. The lowest BCUT2D eigenvalue weighted by molar-refractivity contribution is -0.117. The number of carbonyl (C=O) groups excluding carboxylic acids is 2. The van der Waals surface area contributed by atoms with Crippen LogP contribution in [0.3, 0.4) is 0 Å². The molecule has 0 atom stereocenters. The third-order valence-corrected chi connectivity index (χ3v) is 2.34. The molecule has 16 heavy (non-hydrogen) atoms. The van der Waals surface area contributed by atoms with Gasteiger partial charge in [-0.3, -0.25) is 4.79 Å². The second-order valence-electron chi connectivity index (χ2n) is 2.90. The highest BCUT2D eigenvalue weighted by molar-refractivity contribution is 6.42. The first-order valence-corrected chi connectivity index (χ1v) is 5.03. The van der Waals surface area contributed by atoms with Crippen LogP contribution in [0.1, 0.15) is 0 Å². The van der Waals surface area contributed by atoms with Gasteiger partial charge in [-0.05, 0) is 18.2 Å². The Morgan fingerprint density at radius 3 is 2.50 bits per heavy atom. The number of hydrogen-bond donors (Lipinski definition) is 3. The van der Waals surface area contributed by atoms with E-state index in [2.05, 4.69) is 10.6 Å². The lowest BCUT2D eigenvalue weighted by Gasteiger charge is -2.06. The largest absolute Gasteiger partial charge is 0.368 e. The third-order valence-electron chi connectivity index (χ3n) is 1.60. The van der Waals surface area contributed by atoms with Crippen LogP contribution in [0.2, 0.25) is 10.0 Å². The molecule has 0 bridgehead atoms. The highest BCUT2D eigenvalue weighted by Crippen LogP contribution is 2.24. The monoisotopic (exact) mass is 261 g/mol. The van der Waals surface area contributed by atoms with Gasteiger partial charge >= 0.3 is 6.03 Å². The van der Waals surface area contributed by atoms with E-state index in [0.29, 0.717) is 15.7 Å². The highest BCUT2D eigenvalue weighted by atomic mass is 35.5. The topological polar surface area (TPSA) is 84.2 Å². The number of rotatable bonds is 3. The first-order valence-electron chi connectivity index (χ1n) is 4.27. The van der Waals surface area contributed by atoms with Crippen molar-refractivity contribution in [1.82, 2.24) is 5.32 Å². The Balaban J connectivity index is 2.56. The van der Waals surface area contributed by atoms with E-state index in [9.17, 15) is 9.59 Å². The molecular weight excluding hydrogens is 253 g/mol. The molecule has 7 heteroatoms. The van der Waals surface area contributed by atoms with Crippen LogP contribution in [0.25, 0.3) is 0 Å². The first kappa shape index (κ1) is 12.6. The normalized spacial score (nSPS) is 9.62. The van der Waals surface area contributed by atoms with Gasteiger partial charge in [0.1, 0.15) is 0 Å². The molecule has 5 nitrogen and oxygen atoms in total. The Morgan fingerprint density at radius 1 is 1.25 bits per heavy atom. The van der Waals surface area contributed by atoms with E-state index in [1.807, 2.05) is 0 Å². The molecule has 0 aromatic heterocycles. The van der Waals surface area contributed by atoms with Crippen LogP contribution in [0.15, 0.2) is 18.2 Å². The van der Waals surface area contributed by atoms with Crippen molar-refractivity contribution in [2.75, 3.05) is 11.9 Å². The molecule has 0 saturated carbocycles. The fourth-order valence-electron chi connectivity index (χ4n) is 0.917. The van der Waals surface area contributed by atoms with Gasteiger partial charge in [0.2, 0.25) is 5.91 Å². The average Bonchev–Trinajstić information content (AvgIpc) is 2.21. The number of anilines is 1. The maximum Gasteiger partial charge on any atom is 0.319 e. The maximum absolute atomic E-state index is 11.2. The van der Waals surface area contributed by atoms with Crippen molar-refractivity contribution in [2.24, 2.45) is 5.73 Å². The van der Waals surface area contributed by atoms with E-state index in [1.165, 1.54) is 6.07 Å². The van der Waals surface area contributed by atoms with Crippen molar-refractivity contribution in [3.63, 3.8) is 0 Å². The van der Waals surface area contributed by atoms with Crippen LogP contribution in [0.4, 0.5) is 10.5 Å². The summed E-state index contributed by atoms with van der Waals surface area (Å²) in [4.78, 5) is 21.6. The van der Waals surface area contributed by atoms with Crippen molar-refractivity contribution in [3.8, 4) is 0 Å². The maximum atomic E-state index is 11.2. The molecule has 0 heterocycles. The first-order chi connectivity index (χ1) is 7.49. The van der Waals surface area contributed by atoms with Crippen LogP contribution < -0.4 is 16.4 Å². The summed E-state index contributed by atoms with van der Waals surface area (Å²) in [5.41, 5.74) is 5.33. The van der Waals surface area contributed by atoms with E-state index in [1.54, 1.807) is 12.1 Å². The fourth-order valence-corrected chi connectivity index (χ4v) is 1.21. The second-order valence-corrected chi connectivity index (χ2v) is 3.72. The lowest BCUT2D eigenvalue weighted by atomic mass is 10.3. The van der Waals surface area contributed by atoms with Crippen LogP contribution in [-0.4, -0.2) is 18.5 Å². The predicted octanol–water partition coefficient (Wildman–Crippen LogP) is 1.60. The molecule has 1 aromatic carbocycles. The number of urea groups is 1. The molecule has 4 N–H and O–H groups in total. The van der Waals surface area contributed by atoms with E-state index in [4.69, 9.17) is 28.9 Å². The van der Waals surface area contributed by atoms with Gasteiger partial charge in [0.05, 0.1) is 16.6 Å². The number of nitrogens with two attached hydrogens (primary N) is 1. The highest BCUT2D eigenvalue weighted by Gasteiger charge is 2.04. The molecule has 0 aliphatic rings. The lowest BCUT2D eigenvalue weighted by Crippen LogP contribution is -2.36. The van der Waals surface area contributed by atoms with Gasteiger partial charge in [-0.1, -0.05) is 23.2 Å². The summed E-state index contributed by atoms with van der Waals surface area (Å²) in [6.07, 6.45) is 0. The smallest absolute Gasteiger partial charge is 0.319 e. The molecule has 0 unspecified atom stereocenters. The summed E-state index contributed by atoms with van der Waals surface area (Å²) >= 11 is 11.4.